The number of hydrogen-bond acceptors (Lipinski definition) is 6. The van der Waals surface area contributed by atoms with E-state index in [4.69, 9.17) is 4.74 Å². The summed E-state index contributed by atoms with van der Waals surface area (Å²) in [5.74, 6) is 1.10. The summed E-state index contributed by atoms with van der Waals surface area (Å²) in [6.07, 6.45) is 8.69. The zero-order chi connectivity index (χ0) is 23.2. The van der Waals surface area contributed by atoms with Crippen LogP contribution < -0.4 is 4.90 Å². The van der Waals surface area contributed by atoms with Crippen LogP contribution in [0.4, 0.5) is 10.5 Å². The smallest absolute Gasteiger partial charge is 0.415 e. The van der Waals surface area contributed by atoms with E-state index in [1.807, 2.05) is 18.5 Å². The van der Waals surface area contributed by atoms with Crippen LogP contribution in [-0.2, 0) is 16.7 Å². The van der Waals surface area contributed by atoms with E-state index in [-0.39, 0.29) is 11.5 Å². The minimum atomic E-state index is -0.489. The molecule has 170 valence electrons. The number of fused-ring (bicyclic) bond motifs is 1. The Balaban J connectivity index is 1.32. The lowest BCUT2D eigenvalue weighted by Crippen LogP contribution is -2.40. The van der Waals surface area contributed by atoms with Crippen molar-refractivity contribution in [3.8, 4) is 6.07 Å². The largest absolute Gasteiger partial charge is 0.441 e. The molecule has 3 heterocycles. The first-order valence-corrected chi connectivity index (χ1v) is 11.4. The Morgan fingerprint density at radius 3 is 2.76 bits per heavy atom. The lowest BCUT2D eigenvalue weighted by molar-refractivity contribution is 0.00439. The monoisotopic (exact) mass is 444 g/mol. The Kier molecular flexibility index (Phi) is 5.08. The van der Waals surface area contributed by atoms with Gasteiger partial charge < -0.3 is 9.30 Å². The van der Waals surface area contributed by atoms with Gasteiger partial charge in [0, 0.05) is 12.0 Å². The van der Waals surface area contributed by atoms with Crippen molar-refractivity contribution in [3.63, 3.8) is 0 Å². The molecule has 3 aromatic rings. The zero-order valence-corrected chi connectivity index (χ0v) is 19.3. The molecular weight excluding hydrogens is 416 g/mol. The van der Waals surface area contributed by atoms with Gasteiger partial charge >= 0.3 is 6.09 Å². The quantitative estimate of drug-likeness (QED) is 0.586. The first kappa shape index (κ1) is 21.4. The number of amides is 1. The Bertz CT molecular complexity index is 1240. The molecule has 1 saturated heterocycles. The van der Waals surface area contributed by atoms with Crippen LogP contribution in [0.2, 0.25) is 0 Å². The molecule has 0 N–H and O–H groups in total. The van der Waals surface area contributed by atoms with Crippen molar-refractivity contribution in [3.05, 3.63) is 48.3 Å². The van der Waals surface area contributed by atoms with E-state index in [0.717, 1.165) is 49.1 Å². The zero-order valence-electron chi connectivity index (χ0n) is 19.3. The SMILES string of the molecule is CC(C)(C)c1ncc(N2CC3(CCCC(Cn4cnc5ccc(C#N)cc54)C3)OC2=O)cn1. The van der Waals surface area contributed by atoms with E-state index >= 15 is 0 Å². The molecule has 1 aliphatic carbocycles. The molecule has 8 nitrogen and oxygen atoms in total. The van der Waals surface area contributed by atoms with E-state index in [2.05, 4.69) is 46.4 Å². The molecule has 2 unspecified atom stereocenters. The second kappa shape index (κ2) is 7.84. The number of benzene rings is 1. The van der Waals surface area contributed by atoms with Crippen LogP contribution in [0, 0.1) is 17.2 Å². The molecule has 1 aromatic carbocycles. The normalized spacial score (nSPS) is 23.2. The molecule has 1 spiro atoms. The number of rotatable bonds is 3. The molecule has 0 bridgehead atoms. The summed E-state index contributed by atoms with van der Waals surface area (Å²) in [4.78, 5) is 27.9. The Morgan fingerprint density at radius 2 is 2.03 bits per heavy atom. The minimum absolute atomic E-state index is 0.145. The second-order valence-corrected chi connectivity index (χ2v) is 10.3. The van der Waals surface area contributed by atoms with E-state index in [0.29, 0.717) is 23.7 Å². The first-order chi connectivity index (χ1) is 15.8. The summed E-state index contributed by atoms with van der Waals surface area (Å²) in [5, 5.41) is 9.24. The van der Waals surface area contributed by atoms with Gasteiger partial charge in [0.2, 0.25) is 0 Å². The third-order valence-electron chi connectivity index (χ3n) is 6.70. The summed E-state index contributed by atoms with van der Waals surface area (Å²) in [6.45, 7) is 7.49. The molecule has 0 radical (unpaired) electrons. The predicted molar refractivity (Wildman–Crippen MR) is 124 cm³/mol. The van der Waals surface area contributed by atoms with Crippen molar-refractivity contribution in [2.75, 3.05) is 11.4 Å². The van der Waals surface area contributed by atoms with E-state index < -0.39 is 5.60 Å². The fraction of sp³-hybridized carbons (Fsp3) is 0.480. The predicted octanol–water partition coefficient (Wildman–Crippen LogP) is 4.58. The molecule has 2 aromatic heterocycles. The second-order valence-electron chi connectivity index (χ2n) is 10.3. The molecule has 33 heavy (non-hydrogen) atoms. The molecule has 8 heteroatoms. The van der Waals surface area contributed by atoms with Gasteiger partial charge in [-0.25, -0.2) is 19.7 Å². The van der Waals surface area contributed by atoms with Crippen molar-refractivity contribution < 1.29 is 9.53 Å². The Labute approximate surface area is 193 Å². The number of nitrogens with zero attached hydrogens (tertiary/aromatic N) is 6. The molecule has 1 aliphatic heterocycles. The molecule has 1 amide bonds. The number of carbonyl (C=O) groups excluding carboxylic acids is 1. The van der Waals surface area contributed by atoms with Gasteiger partial charge in [-0.1, -0.05) is 20.8 Å². The molecule has 2 fully saturated rings. The topological polar surface area (TPSA) is 96.9 Å². The maximum absolute atomic E-state index is 12.8. The highest BCUT2D eigenvalue weighted by Crippen LogP contribution is 2.41. The summed E-state index contributed by atoms with van der Waals surface area (Å²) in [7, 11) is 0. The number of anilines is 1. The van der Waals surface area contributed by atoms with Crippen molar-refractivity contribution in [2.45, 2.75) is 64.0 Å². The number of ether oxygens (including phenoxy) is 1. The minimum Gasteiger partial charge on any atom is -0.441 e. The third kappa shape index (κ3) is 4.04. The number of imidazole rings is 1. The van der Waals surface area contributed by atoms with Gasteiger partial charge in [0.25, 0.3) is 0 Å². The standard InChI is InChI=1S/C25H28N6O2/c1-24(2,3)22-27-12-19(13-28-22)31-15-25(33-23(31)32)8-4-5-18(10-25)14-30-16-29-20-7-6-17(11-26)9-21(20)30/h6-7,9,12-13,16,18H,4-5,8,10,14-15H2,1-3H3. The van der Waals surface area contributed by atoms with E-state index in [9.17, 15) is 10.1 Å². The van der Waals surface area contributed by atoms with Crippen molar-refractivity contribution in [1.82, 2.24) is 19.5 Å². The Hall–Kier alpha value is -3.47. The number of hydrogen-bond donors (Lipinski definition) is 0. The summed E-state index contributed by atoms with van der Waals surface area (Å²) < 4.78 is 8.11. The van der Waals surface area contributed by atoms with Crippen molar-refractivity contribution >= 4 is 22.8 Å². The maximum Gasteiger partial charge on any atom is 0.415 e. The van der Waals surface area contributed by atoms with E-state index in [1.165, 1.54) is 0 Å². The fourth-order valence-corrected chi connectivity index (χ4v) is 5.06. The lowest BCUT2D eigenvalue weighted by Gasteiger charge is -2.36. The lowest BCUT2D eigenvalue weighted by atomic mass is 9.78. The van der Waals surface area contributed by atoms with Crippen molar-refractivity contribution in [2.24, 2.45) is 5.92 Å². The van der Waals surface area contributed by atoms with Gasteiger partial charge in [-0.3, -0.25) is 4.90 Å². The van der Waals surface area contributed by atoms with Crippen LogP contribution >= 0.6 is 0 Å². The van der Waals surface area contributed by atoms with Crippen LogP contribution in [0.25, 0.3) is 11.0 Å². The maximum atomic E-state index is 12.8. The van der Waals surface area contributed by atoms with Gasteiger partial charge in [-0.2, -0.15) is 5.26 Å². The number of aromatic nitrogens is 4. The van der Waals surface area contributed by atoms with Crippen LogP contribution in [0.1, 0.15) is 57.8 Å². The summed E-state index contributed by atoms with van der Waals surface area (Å²) >= 11 is 0. The summed E-state index contributed by atoms with van der Waals surface area (Å²) in [5.41, 5.74) is 2.53. The van der Waals surface area contributed by atoms with Gasteiger partial charge in [0.15, 0.2) is 0 Å². The molecule has 5 rings (SSSR count). The van der Waals surface area contributed by atoms with Gasteiger partial charge in [-0.05, 0) is 49.8 Å². The molecule has 2 atom stereocenters. The fourth-order valence-electron chi connectivity index (χ4n) is 5.06. The van der Waals surface area contributed by atoms with E-state index in [1.54, 1.807) is 23.4 Å². The third-order valence-corrected chi connectivity index (χ3v) is 6.70. The van der Waals surface area contributed by atoms with Crippen LogP contribution in [0.3, 0.4) is 0 Å². The van der Waals surface area contributed by atoms with Gasteiger partial charge in [-0.15, -0.1) is 0 Å². The average molecular weight is 445 g/mol. The first-order valence-electron chi connectivity index (χ1n) is 11.4. The summed E-state index contributed by atoms with van der Waals surface area (Å²) in [6, 6.07) is 7.77. The van der Waals surface area contributed by atoms with Gasteiger partial charge in [0.1, 0.15) is 11.4 Å². The molecule has 1 saturated carbocycles. The molecular formula is C25H28N6O2. The van der Waals surface area contributed by atoms with Crippen molar-refractivity contribution in [1.29, 1.82) is 5.26 Å². The highest BCUT2D eigenvalue weighted by atomic mass is 16.6. The molecule has 2 aliphatic rings. The Morgan fingerprint density at radius 1 is 1.24 bits per heavy atom. The number of carbonyl (C=O) groups is 1. The van der Waals surface area contributed by atoms with Gasteiger partial charge in [0.05, 0.1) is 53.6 Å². The highest BCUT2D eigenvalue weighted by Gasteiger charge is 2.48. The average Bonchev–Trinajstić information content (AvgIpc) is 3.33. The highest BCUT2D eigenvalue weighted by molar-refractivity contribution is 5.90. The van der Waals surface area contributed by atoms with Crippen LogP contribution in [0.15, 0.2) is 36.9 Å². The number of nitriles is 1. The van der Waals surface area contributed by atoms with Crippen LogP contribution in [0.5, 0.6) is 0 Å². The van der Waals surface area contributed by atoms with Crippen LogP contribution in [-0.4, -0.2) is 37.8 Å².